The molecule has 0 spiro atoms. The van der Waals surface area contributed by atoms with Gasteiger partial charge >= 0.3 is 5.97 Å². The second-order valence-electron chi connectivity index (χ2n) is 9.82. The first kappa shape index (κ1) is 30.1. The van der Waals surface area contributed by atoms with Gasteiger partial charge < -0.3 is 4.74 Å². The van der Waals surface area contributed by atoms with Gasteiger partial charge in [0.2, 0.25) is 0 Å². The highest BCUT2D eigenvalue weighted by Crippen LogP contribution is 2.30. The first-order valence-electron chi connectivity index (χ1n) is 12.3. The van der Waals surface area contributed by atoms with E-state index < -0.39 is 11.4 Å². The van der Waals surface area contributed by atoms with Crippen molar-refractivity contribution in [1.82, 2.24) is 0 Å². The van der Waals surface area contributed by atoms with E-state index in [0.717, 1.165) is 38.5 Å². The normalized spacial score (nSPS) is 14.9. The van der Waals surface area contributed by atoms with E-state index in [1.807, 2.05) is 19.9 Å². The van der Waals surface area contributed by atoms with Crippen LogP contribution in [0.15, 0.2) is 46.6 Å². The molecule has 32 heavy (non-hydrogen) atoms. The number of Topliss-reactive ketones (excluding diaryl/α,β-unsaturated/α-hetero) is 1. The topological polar surface area (TPSA) is 43.4 Å². The molecule has 0 radical (unpaired) electrons. The number of hydrogen-bond acceptors (Lipinski definition) is 3. The second kappa shape index (κ2) is 15.8. The molecule has 0 aromatic carbocycles. The van der Waals surface area contributed by atoms with E-state index >= 15 is 0 Å². The van der Waals surface area contributed by atoms with E-state index in [1.54, 1.807) is 13.8 Å². The Bertz CT molecular complexity index is 715. The lowest BCUT2D eigenvalue weighted by Crippen LogP contribution is -2.40. The zero-order chi connectivity index (χ0) is 24.7. The molecular formula is C29H48O3. The fourth-order valence-electron chi connectivity index (χ4n) is 3.58. The van der Waals surface area contributed by atoms with E-state index in [-0.39, 0.29) is 18.3 Å². The lowest BCUT2D eigenvalue weighted by molar-refractivity contribution is -0.159. The molecule has 182 valence electrons. The Morgan fingerprint density at radius 3 is 1.62 bits per heavy atom. The first-order chi connectivity index (χ1) is 14.9. The van der Waals surface area contributed by atoms with Gasteiger partial charge in [-0.2, -0.15) is 0 Å². The van der Waals surface area contributed by atoms with Crippen molar-refractivity contribution in [3.8, 4) is 0 Å². The highest BCUT2D eigenvalue weighted by atomic mass is 16.5. The maximum absolute atomic E-state index is 12.7. The van der Waals surface area contributed by atoms with Crippen LogP contribution in [0.5, 0.6) is 0 Å². The van der Waals surface area contributed by atoms with Crippen LogP contribution in [0, 0.1) is 11.3 Å². The third-order valence-corrected chi connectivity index (χ3v) is 5.81. The predicted molar refractivity (Wildman–Crippen MR) is 138 cm³/mol. The molecule has 0 bridgehead atoms. The molecule has 0 aliphatic carbocycles. The molecular weight excluding hydrogens is 396 g/mol. The maximum atomic E-state index is 12.7. The van der Waals surface area contributed by atoms with Crippen molar-refractivity contribution in [3.05, 3.63) is 46.6 Å². The van der Waals surface area contributed by atoms with Crippen molar-refractivity contribution in [1.29, 1.82) is 0 Å². The van der Waals surface area contributed by atoms with Crippen molar-refractivity contribution < 1.29 is 14.3 Å². The summed E-state index contributed by atoms with van der Waals surface area (Å²) in [6, 6.07) is 0. The van der Waals surface area contributed by atoms with Gasteiger partial charge in [-0.05, 0) is 93.4 Å². The van der Waals surface area contributed by atoms with Gasteiger partial charge in [-0.3, -0.25) is 9.59 Å². The van der Waals surface area contributed by atoms with E-state index in [4.69, 9.17) is 4.74 Å². The van der Waals surface area contributed by atoms with Crippen LogP contribution in [-0.4, -0.2) is 18.4 Å². The Balaban J connectivity index is 4.70. The standard InChI is InChI=1S/C29H48O3/c1-10-32-28(31)29(9,27(30)23(4)5)21-20-26(8)19-13-18-25(7)17-12-16-24(6)15-11-14-22(2)3/h14,16,18,20,23H,10-13,15,17,19,21H2,1-9H3/b24-16+,25-18+,26-20+. The van der Waals surface area contributed by atoms with Gasteiger partial charge in [0.1, 0.15) is 5.41 Å². The molecule has 0 aromatic heterocycles. The Morgan fingerprint density at radius 1 is 0.781 bits per heavy atom. The van der Waals surface area contributed by atoms with Gasteiger partial charge in [0, 0.05) is 5.92 Å². The molecule has 0 rings (SSSR count). The van der Waals surface area contributed by atoms with E-state index in [1.165, 1.54) is 22.3 Å². The SMILES string of the molecule is CCOC(=O)C(C)(C/C=C(\C)CC/C=C(\C)CC/C=C(\C)CCC=C(C)C)C(=O)C(C)C. The van der Waals surface area contributed by atoms with Crippen LogP contribution >= 0.6 is 0 Å². The highest BCUT2D eigenvalue weighted by Gasteiger charge is 2.42. The fraction of sp³-hybridized carbons (Fsp3) is 0.655. The van der Waals surface area contributed by atoms with Crippen molar-refractivity contribution in [3.63, 3.8) is 0 Å². The quantitative estimate of drug-likeness (QED) is 0.145. The van der Waals surface area contributed by atoms with E-state index in [9.17, 15) is 9.59 Å². The molecule has 1 unspecified atom stereocenters. The molecule has 0 N–H and O–H groups in total. The Morgan fingerprint density at radius 2 is 1.22 bits per heavy atom. The Kier molecular flexibility index (Phi) is 14.9. The molecule has 0 heterocycles. The minimum Gasteiger partial charge on any atom is -0.465 e. The molecule has 0 saturated heterocycles. The lowest BCUT2D eigenvalue weighted by atomic mass is 9.77. The lowest BCUT2D eigenvalue weighted by Gasteiger charge is -2.26. The molecule has 0 aliphatic heterocycles. The predicted octanol–water partition coefficient (Wildman–Crippen LogP) is 8.32. The Hall–Kier alpha value is -1.90. The maximum Gasteiger partial charge on any atom is 0.319 e. The summed E-state index contributed by atoms with van der Waals surface area (Å²) < 4.78 is 5.20. The second-order valence-corrected chi connectivity index (χ2v) is 9.82. The van der Waals surface area contributed by atoms with Crippen LogP contribution in [0.2, 0.25) is 0 Å². The van der Waals surface area contributed by atoms with Gasteiger partial charge in [-0.1, -0.05) is 60.4 Å². The summed E-state index contributed by atoms with van der Waals surface area (Å²) in [5.74, 6) is -0.670. The van der Waals surface area contributed by atoms with Crippen LogP contribution < -0.4 is 0 Å². The number of esters is 1. The van der Waals surface area contributed by atoms with Gasteiger partial charge in [0.25, 0.3) is 0 Å². The first-order valence-corrected chi connectivity index (χ1v) is 12.3. The zero-order valence-corrected chi connectivity index (χ0v) is 22.3. The van der Waals surface area contributed by atoms with Crippen LogP contribution in [-0.2, 0) is 14.3 Å². The number of hydrogen-bond donors (Lipinski definition) is 0. The number of carbonyl (C=O) groups excluding carboxylic acids is 2. The molecule has 0 fully saturated rings. The number of ether oxygens (including phenoxy) is 1. The van der Waals surface area contributed by atoms with Crippen molar-refractivity contribution >= 4 is 11.8 Å². The summed E-state index contributed by atoms with van der Waals surface area (Å²) >= 11 is 0. The third kappa shape index (κ3) is 12.2. The molecule has 1 atom stereocenters. The van der Waals surface area contributed by atoms with Gasteiger partial charge in [-0.15, -0.1) is 0 Å². The van der Waals surface area contributed by atoms with Crippen LogP contribution in [0.4, 0.5) is 0 Å². The molecule has 3 nitrogen and oxygen atoms in total. The molecule has 0 saturated carbocycles. The average Bonchev–Trinajstić information content (AvgIpc) is 2.71. The molecule has 0 amide bonds. The minimum absolute atomic E-state index is 0.0556. The summed E-state index contributed by atoms with van der Waals surface area (Å²) in [7, 11) is 0. The number of rotatable bonds is 15. The summed E-state index contributed by atoms with van der Waals surface area (Å²) in [5.41, 5.74) is 4.37. The van der Waals surface area contributed by atoms with Gasteiger partial charge in [0.15, 0.2) is 5.78 Å². The summed E-state index contributed by atoms with van der Waals surface area (Å²) in [6.07, 6.45) is 15.8. The van der Waals surface area contributed by atoms with Gasteiger partial charge in [-0.25, -0.2) is 0 Å². The Labute approximate surface area is 198 Å². The van der Waals surface area contributed by atoms with Crippen LogP contribution in [0.3, 0.4) is 0 Å². The smallest absolute Gasteiger partial charge is 0.319 e. The molecule has 0 aliphatic rings. The summed E-state index contributed by atoms with van der Waals surface area (Å²) in [4.78, 5) is 25.2. The van der Waals surface area contributed by atoms with Gasteiger partial charge in [0.05, 0.1) is 6.61 Å². The average molecular weight is 445 g/mol. The minimum atomic E-state index is -1.10. The third-order valence-electron chi connectivity index (χ3n) is 5.81. The number of carbonyl (C=O) groups is 2. The number of allylic oxidation sites excluding steroid dienone is 8. The van der Waals surface area contributed by atoms with Crippen molar-refractivity contribution in [2.24, 2.45) is 11.3 Å². The number of ketones is 1. The molecule has 3 heteroatoms. The monoisotopic (exact) mass is 444 g/mol. The van der Waals surface area contributed by atoms with Crippen molar-refractivity contribution in [2.75, 3.05) is 6.61 Å². The van der Waals surface area contributed by atoms with E-state index in [0.29, 0.717) is 6.42 Å². The zero-order valence-electron chi connectivity index (χ0n) is 22.3. The highest BCUT2D eigenvalue weighted by molar-refractivity contribution is 6.04. The summed E-state index contributed by atoms with van der Waals surface area (Å²) in [6.45, 7) is 18.2. The van der Waals surface area contributed by atoms with Crippen molar-refractivity contribution in [2.45, 2.75) is 107 Å². The largest absolute Gasteiger partial charge is 0.465 e. The summed E-state index contributed by atoms with van der Waals surface area (Å²) in [5, 5.41) is 0. The van der Waals surface area contributed by atoms with Crippen LogP contribution in [0.1, 0.15) is 107 Å². The van der Waals surface area contributed by atoms with E-state index in [2.05, 4.69) is 52.8 Å². The van der Waals surface area contributed by atoms with Crippen LogP contribution in [0.25, 0.3) is 0 Å². The molecule has 0 aromatic rings. The fourth-order valence-corrected chi connectivity index (χ4v) is 3.58.